The van der Waals surface area contributed by atoms with Crippen molar-refractivity contribution in [2.45, 2.75) is 39.2 Å². The highest BCUT2D eigenvalue weighted by atomic mass is 32.1. The number of hydrogen-bond donors (Lipinski definition) is 2. The van der Waals surface area contributed by atoms with Crippen LogP contribution in [0.15, 0.2) is 16.2 Å². The Morgan fingerprint density at radius 2 is 2.15 bits per heavy atom. The molecule has 1 atom stereocenters. The molecule has 0 radical (unpaired) electrons. The van der Waals surface area contributed by atoms with Gasteiger partial charge in [0.15, 0.2) is 0 Å². The number of hydrogen-bond acceptors (Lipinski definition) is 3. The molecule has 0 aromatic carbocycles. The van der Waals surface area contributed by atoms with Crippen LogP contribution in [0.3, 0.4) is 0 Å². The molecule has 5 nitrogen and oxygen atoms in total. The number of amides is 1. The standard InChI is InChI=1S/C14H17N3O2S/c1-7(2)17-13-11(14(19)16-17)9(6-10(18)15-13)12-8(3)4-5-20-12/h4-5,7,9H,6H2,1-3H3,(H,15,18)(H,16,19)/t9-/m0/s1. The quantitative estimate of drug-likeness (QED) is 0.893. The van der Waals surface area contributed by atoms with Crippen molar-refractivity contribution in [3.8, 4) is 0 Å². The third-order valence-corrected chi connectivity index (χ3v) is 4.83. The third kappa shape index (κ3) is 1.91. The molecule has 0 spiro atoms. The van der Waals surface area contributed by atoms with Gasteiger partial charge in [-0.25, -0.2) is 0 Å². The predicted octanol–water partition coefficient (Wildman–Crippen LogP) is 2.60. The highest BCUT2D eigenvalue weighted by molar-refractivity contribution is 7.10. The van der Waals surface area contributed by atoms with E-state index in [0.717, 1.165) is 10.4 Å². The van der Waals surface area contributed by atoms with Crippen LogP contribution >= 0.6 is 11.3 Å². The van der Waals surface area contributed by atoms with Crippen molar-refractivity contribution in [1.82, 2.24) is 9.78 Å². The van der Waals surface area contributed by atoms with E-state index in [-0.39, 0.29) is 23.4 Å². The lowest BCUT2D eigenvalue weighted by atomic mass is 9.91. The SMILES string of the molecule is Cc1ccsc1[C@H]1CC(=O)Nc2c1c(=O)[nH]n2C(C)C. The molecule has 1 amide bonds. The number of nitrogens with zero attached hydrogens (tertiary/aromatic N) is 1. The van der Waals surface area contributed by atoms with E-state index in [4.69, 9.17) is 0 Å². The molecule has 6 heteroatoms. The van der Waals surface area contributed by atoms with Crippen LogP contribution in [-0.4, -0.2) is 15.7 Å². The molecule has 0 fully saturated rings. The van der Waals surface area contributed by atoms with Crippen molar-refractivity contribution in [3.63, 3.8) is 0 Å². The summed E-state index contributed by atoms with van der Waals surface area (Å²) >= 11 is 1.61. The smallest absolute Gasteiger partial charge is 0.270 e. The first kappa shape index (κ1) is 13.2. The number of aryl methyl sites for hydroxylation is 1. The third-order valence-electron chi connectivity index (χ3n) is 3.69. The summed E-state index contributed by atoms with van der Waals surface area (Å²) in [6.45, 7) is 5.97. The molecule has 1 aliphatic rings. The molecular weight excluding hydrogens is 274 g/mol. The van der Waals surface area contributed by atoms with Crippen molar-refractivity contribution >= 4 is 23.1 Å². The minimum atomic E-state index is -0.137. The molecule has 2 aromatic heterocycles. The van der Waals surface area contributed by atoms with Crippen molar-refractivity contribution in [1.29, 1.82) is 0 Å². The molecule has 0 aliphatic carbocycles. The van der Waals surface area contributed by atoms with Crippen LogP contribution in [-0.2, 0) is 4.79 Å². The predicted molar refractivity (Wildman–Crippen MR) is 79.6 cm³/mol. The van der Waals surface area contributed by atoms with Gasteiger partial charge in [-0.3, -0.25) is 19.4 Å². The first-order chi connectivity index (χ1) is 9.49. The van der Waals surface area contributed by atoms with E-state index in [1.165, 1.54) is 0 Å². The number of H-pyrrole nitrogens is 1. The highest BCUT2D eigenvalue weighted by Gasteiger charge is 2.34. The lowest BCUT2D eigenvalue weighted by Crippen LogP contribution is -2.27. The zero-order valence-electron chi connectivity index (χ0n) is 11.7. The van der Waals surface area contributed by atoms with Gasteiger partial charge in [0.05, 0.1) is 5.56 Å². The fraction of sp³-hybridized carbons (Fsp3) is 0.429. The number of anilines is 1. The van der Waals surface area contributed by atoms with E-state index in [0.29, 0.717) is 17.8 Å². The lowest BCUT2D eigenvalue weighted by Gasteiger charge is -2.23. The first-order valence-electron chi connectivity index (χ1n) is 6.67. The van der Waals surface area contributed by atoms with Gasteiger partial charge in [-0.15, -0.1) is 11.3 Å². The van der Waals surface area contributed by atoms with E-state index in [1.54, 1.807) is 16.0 Å². The molecule has 3 rings (SSSR count). The summed E-state index contributed by atoms with van der Waals surface area (Å²) in [7, 11) is 0. The van der Waals surface area contributed by atoms with Gasteiger partial charge in [0, 0.05) is 23.3 Å². The summed E-state index contributed by atoms with van der Waals surface area (Å²) in [5.41, 5.74) is 1.72. The van der Waals surface area contributed by atoms with E-state index in [1.807, 2.05) is 32.2 Å². The first-order valence-corrected chi connectivity index (χ1v) is 7.55. The Morgan fingerprint density at radius 3 is 2.75 bits per heavy atom. The maximum Gasteiger partial charge on any atom is 0.270 e. The highest BCUT2D eigenvalue weighted by Crippen LogP contribution is 2.39. The van der Waals surface area contributed by atoms with E-state index < -0.39 is 0 Å². The van der Waals surface area contributed by atoms with Crippen LogP contribution in [0.25, 0.3) is 0 Å². The molecule has 0 bridgehead atoms. The zero-order valence-corrected chi connectivity index (χ0v) is 12.5. The molecule has 3 heterocycles. The maximum absolute atomic E-state index is 12.3. The van der Waals surface area contributed by atoms with Crippen LogP contribution in [0.4, 0.5) is 5.82 Å². The summed E-state index contributed by atoms with van der Waals surface area (Å²) in [5.74, 6) is 0.449. The van der Waals surface area contributed by atoms with Gasteiger partial charge in [-0.1, -0.05) is 0 Å². The number of fused-ring (bicyclic) bond motifs is 1. The average molecular weight is 291 g/mol. The minimum Gasteiger partial charge on any atom is -0.311 e. The molecular formula is C14H17N3O2S. The zero-order chi connectivity index (χ0) is 14.4. The average Bonchev–Trinajstić information content (AvgIpc) is 2.93. The van der Waals surface area contributed by atoms with Gasteiger partial charge in [-0.2, -0.15) is 0 Å². The monoisotopic (exact) mass is 291 g/mol. The number of nitrogens with one attached hydrogen (secondary N) is 2. The Hall–Kier alpha value is -1.82. The second-order valence-electron chi connectivity index (χ2n) is 5.44. The number of aromatic amines is 1. The van der Waals surface area contributed by atoms with Gasteiger partial charge >= 0.3 is 0 Å². The second kappa shape index (κ2) is 4.63. The Morgan fingerprint density at radius 1 is 1.40 bits per heavy atom. The molecule has 1 aliphatic heterocycles. The minimum absolute atomic E-state index is 0.0382. The lowest BCUT2D eigenvalue weighted by molar-refractivity contribution is -0.116. The Labute approximate surface area is 120 Å². The van der Waals surface area contributed by atoms with Gasteiger partial charge < -0.3 is 5.32 Å². The normalized spacial score (nSPS) is 18.2. The maximum atomic E-state index is 12.3. The van der Waals surface area contributed by atoms with Crippen LogP contribution in [0, 0.1) is 6.92 Å². The molecule has 0 unspecified atom stereocenters. The second-order valence-corrected chi connectivity index (χ2v) is 6.39. The van der Waals surface area contributed by atoms with E-state index in [9.17, 15) is 9.59 Å². The number of aromatic nitrogens is 2. The molecule has 0 saturated heterocycles. The summed E-state index contributed by atoms with van der Waals surface area (Å²) in [6, 6.07) is 2.12. The Balaban J connectivity index is 2.21. The molecule has 106 valence electrons. The number of thiophene rings is 1. The number of rotatable bonds is 2. The van der Waals surface area contributed by atoms with Gasteiger partial charge in [0.25, 0.3) is 5.56 Å². The van der Waals surface area contributed by atoms with Gasteiger partial charge in [0.2, 0.25) is 5.91 Å². The summed E-state index contributed by atoms with van der Waals surface area (Å²) < 4.78 is 1.74. The number of carbonyl (C=O) groups excluding carboxylic acids is 1. The van der Waals surface area contributed by atoms with Crippen LogP contribution < -0.4 is 10.9 Å². The molecule has 20 heavy (non-hydrogen) atoms. The van der Waals surface area contributed by atoms with Crippen LogP contribution in [0.5, 0.6) is 0 Å². The Bertz CT molecular complexity index is 723. The largest absolute Gasteiger partial charge is 0.311 e. The molecule has 2 N–H and O–H groups in total. The van der Waals surface area contributed by atoms with Crippen molar-refractivity contribution < 1.29 is 4.79 Å². The number of carbonyl (C=O) groups is 1. The molecule has 0 saturated carbocycles. The van der Waals surface area contributed by atoms with Gasteiger partial charge in [0.1, 0.15) is 5.82 Å². The molecule has 2 aromatic rings. The fourth-order valence-corrected chi connectivity index (χ4v) is 3.77. The fourth-order valence-electron chi connectivity index (χ4n) is 2.74. The van der Waals surface area contributed by atoms with E-state index >= 15 is 0 Å². The van der Waals surface area contributed by atoms with Crippen LogP contribution in [0.1, 0.15) is 48.2 Å². The van der Waals surface area contributed by atoms with Crippen LogP contribution in [0.2, 0.25) is 0 Å². The van der Waals surface area contributed by atoms with Crippen molar-refractivity contribution in [3.05, 3.63) is 37.8 Å². The summed E-state index contributed by atoms with van der Waals surface area (Å²) in [6.07, 6.45) is 0.333. The van der Waals surface area contributed by atoms with Crippen molar-refractivity contribution in [2.24, 2.45) is 0 Å². The van der Waals surface area contributed by atoms with Crippen molar-refractivity contribution in [2.75, 3.05) is 5.32 Å². The topological polar surface area (TPSA) is 66.9 Å². The van der Waals surface area contributed by atoms with E-state index in [2.05, 4.69) is 10.4 Å². The summed E-state index contributed by atoms with van der Waals surface area (Å²) in [4.78, 5) is 25.4. The van der Waals surface area contributed by atoms with Gasteiger partial charge in [-0.05, 0) is 37.8 Å². The Kier molecular flexibility index (Phi) is 3.05. The summed E-state index contributed by atoms with van der Waals surface area (Å²) in [5, 5.41) is 7.68.